The summed E-state index contributed by atoms with van der Waals surface area (Å²) in [6.45, 7) is 1.85. The minimum atomic E-state index is -0.607. The van der Waals surface area contributed by atoms with Crippen molar-refractivity contribution in [2.45, 2.75) is 19.8 Å². The number of nitrogens with zero attached hydrogens (tertiary/aromatic N) is 1. The highest BCUT2D eigenvalue weighted by Gasteiger charge is 2.36. The molecule has 0 saturated carbocycles. The molecule has 2 aromatic rings. The van der Waals surface area contributed by atoms with Crippen molar-refractivity contribution in [2.75, 3.05) is 18.1 Å². The Kier molecular flexibility index (Phi) is 5.64. The number of ether oxygens (including phenoxy) is 1. The predicted molar refractivity (Wildman–Crippen MR) is 98.0 cm³/mol. The van der Waals surface area contributed by atoms with Gasteiger partial charge in [0, 0.05) is 24.2 Å². The van der Waals surface area contributed by atoms with E-state index in [-0.39, 0.29) is 24.4 Å². The summed E-state index contributed by atoms with van der Waals surface area (Å²) in [5, 5.41) is 0. The largest absolute Gasteiger partial charge is 0.457 e. The maximum Gasteiger partial charge on any atom is 0.311 e. The van der Waals surface area contributed by atoms with Gasteiger partial charge in [-0.3, -0.25) is 14.4 Å². The molecule has 3 rings (SSSR count). The third-order valence-corrected chi connectivity index (χ3v) is 4.63. The number of anilines is 1. The Morgan fingerprint density at radius 3 is 2.41 bits per heavy atom. The summed E-state index contributed by atoms with van der Waals surface area (Å²) >= 11 is 0. The van der Waals surface area contributed by atoms with E-state index in [4.69, 9.17) is 4.74 Å². The quantitative estimate of drug-likeness (QED) is 0.580. The molecule has 1 amide bonds. The fourth-order valence-electron chi connectivity index (χ4n) is 3.00. The molecule has 1 saturated heterocycles. The second-order valence-corrected chi connectivity index (χ2v) is 6.46. The summed E-state index contributed by atoms with van der Waals surface area (Å²) in [5.41, 5.74) is 2.18. The van der Waals surface area contributed by atoms with E-state index in [0.717, 1.165) is 12.1 Å². The summed E-state index contributed by atoms with van der Waals surface area (Å²) in [6.07, 6.45) is 0.963. The van der Waals surface area contributed by atoms with Crippen LogP contribution in [-0.2, 0) is 20.7 Å². The van der Waals surface area contributed by atoms with Crippen LogP contribution in [0.5, 0.6) is 0 Å². The van der Waals surface area contributed by atoms with Crippen molar-refractivity contribution < 1.29 is 23.5 Å². The highest BCUT2D eigenvalue weighted by molar-refractivity contribution is 6.01. The van der Waals surface area contributed by atoms with Gasteiger partial charge in [0.15, 0.2) is 12.4 Å². The van der Waals surface area contributed by atoms with Crippen molar-refractivity contribution in [1.82, 2.24) is 0 Å². The van der Waals surface area contributed by atoms with E-state index in [1.807, 2.05) is 24.3 Å². The van der Waals surface area contributed by atoms with Crippen LogP contribution in [0.1, 0.15) is 29.3 Å². The molecule has 6 heteroatoms. The standard InChI is InChI=1S/C21H20FNO4/c1-2-14-3-9-18(10-4-14)23-12-16(11-20(23)25)21(26)27-13-19(24)15-5-7-17(22)8-6-15/h3-10,16H,2,11-13H2,1H3/t16-/m0/s1. The van der Waals surface area contributed by atoms with Crippen LogP contribution >= 0.6 is 0 Å². The number of halogens is 1. The molecule has 0 aromatic heterocycles. The number of carbonyl (C=O) groups excluding carboxylic acids is 3. The van der Waals surface area contributed by atoms with Crippen LogP contribution in [0.15, 0.2) is 48.5 Å². The zero-order chi connectivity index (χ0) is 19.4. The molecule has 0 spiro atoms. The van der Waals surface area contributed by atoms with Crippen LogP contribution in [-0.4, -0.2) is 30.8 Å². The van der Waals surface area contributed by atoms with Gasteiger partial charge in [0.1, 0.15) is 5.82 Å². The molecule has 5 nitrogen and oxygen atoms in total. The number of ketones is 1. The maximum atomic E-state index is 12.9. The molecular weight excluding hydrogens is 349 g/mol. The van der Waals surface area contributed by atoms with E-state index in [0.29, 0.717) is 0 Å². The summed E-state index contributed by atoms with van der Waals surface area (Å²) < 4.78 is 18.0. The van der Waals surface area contributed by atoms with Crippen LogP contribution in [0.4, 0.5) is 10.1 Å². The van der Waals surface area contributed by atoms with E-state index >= 15 is 0 Å². The van der Waals surface area contributed by atoms with Gasteiger partial charge in [0.05, 0.1) is 5.92 Å². The molecule has 1 atom stereocenters. The first-order valence-electron chi connectivity index (χ1n) is 8.82. The molecule has 140 valence electrons. The summed E-state index contributed by atoms with van der Waals surface area (Å²) in [4.78, 5) is 38.1. The monoisotopic (exact) mass is 369 g/mol. The van der Waals surface area contributed by atoms with E-state index in [1.165, 1.54) is 29.8 Å². The fraction of sp³-hybridized carbons (Fsp3) is 0.286. The predicted octanol–water partition coefficient (Wildman–Crippen LogP) is 3.17. The van der Waals surface area contributed by atoms with E-state index in [9.17, 15) is 18.8 Å². The average molecular weight is 369 g/mol. The van der Waals surface area contributed by atoms with Crippen molar-refractivity contribution in [3.8, 4) is 0 Å². The summed E-state index contributed by atoms with van der Waals surface area (Å²) in [5.74, 6) is -2.19. The van der Waals surface area contributed by atoms with Gasteiger partial charge in [-0.05, 0) is 48.4 Å². The Labute approximate surface area is 156 Å². The van der Waals surface area contributed by atoms with Crippen molar-refractivity contribution in [2.24, 2.45) is 5.92 Å². The SMILES string of the molecule is CCc1ccc(N2C[C@@H](C(=O)OCC(=O)c3ccc(F)cc3)CC2=O)cc1. The number of esters is 1. The first-order chi connectivity index (χ1) is 13.0. The number of amides is 1. The van der Waals surface area contributed by atoms with Gasteiger partial charge in [0.2, 0.25) is 5.91 Å². The molecule has 0 aliphatic carbocycles. The molecule has 0 bridgehead atoms. The van der Waals surface area contributed by atoms with Crippen molar-refractivity contribution in [1.29, 1.82) is 0 Å². The van der Waals surface area contributed by atoms with Gasteiger partial charge in [0.25, 0.3) is 0 Å². The number of hydrogen-bond donors (Lipinski definition) is 0. The molecule has 1 aliphatic heterocycles. The topological polar surface area (TPSA) is 63.7 Å². The van der Waals surface area contributed by atoms with Crippen LogP contribution in [0, 0.1) is 11.7 Å². The lowest BCUT2D eigenvalue weighted by molar-refractivity contribution is -0.147. The van der Waals surface area contributed by atoms with Crippen LogP contribution in [0.25, 0.3) is 0 Å². The first kappa shape index (κ1) is 18.8. The second-order valence-electron chi connectivity index (χ2n) is 6.46. The molecule has 1 fully saturated rings. The molecular formula is C21H20FNO4. The lowest BCUT2D eigenvalue weighted by Gasteiger charge is -2.17. The fourth-order valence-corrected chi connectivity index (χ4v) is 3.00. The van der Waals surface area contributed by atoms with Gasteiger partial charge in [-0.15, -0.1) is 0 Å². The Balaban J connectivity index is 1.56. The minimum absolute atomic E-state index is 0.0547. The second kappa shape index (κ2) is 8.12. The molecule has 0 N–H and O–H groups in total. The zero-order valence-electron chi connectivity index (χ0n) is 15.0. The third-order valence-electron chi connectivity index (χ3n) is 4.63. The summed E-state index contributed by atoms with van der Waals surface area (Å²) in [7, 11) is 0. The van der Waals surface area contributed by atoms with Crippen LogP contribution in [0.3, 0.4) is 0 Å². The number of Topliss-reactive ketones (excluding diaryl/α,β-unsaturated/α-hetero) is 1. The molecule has 27 heavy (non-hydrogen) atoms. The van der Waals surface area contributed by atoms with Gasteiger partial charge in [-0.2, -0.15) is 0 Å². The zero-order valence-corrected chi connectivity index (χ0v) is 15.0. The first-order valence-corrected chi connectivity index (χ1v) is 8.82. The lowest BCUT2D eigenvalue weighted by atomic mass is 10.1. The molecule has 2 aromatic carbocycles. The third kappa shape index (κ3) is 4.39. The Hall–Kier alpha value is -3.02. The van der Waals surface area contributed by atoms with Crippen LogP contribution < -0.4 is 4.90 Å². The average Bonchev–Trinajstić information content (AvgIpc) is 3.08. The van der Waals surface area contributed by atoms with E-state index in [1.54, 1.807) is 4.90 Å². The number of carbonyl (C=O) groups is 3. The number of hydrogen-bond acceptors (Lipinski definition) is 4. The normalized spacial score (nSPS) is 16.4. The minimum Gasteiger partial charge on any atom is -0.457 e. The smallest absolute Gasteiger partial charge is 0.311 e. The Bertz CT molecular complexity index is 845. The van der Waals surface area contributed by atoms with Crippen LogP contribution in [0.2, 0.25) is 0 Å². The van der Waals surface area contributed by atoms with E-state index in [2.05, 4.69) is 6.92 Å². The Morgan fingerprint density at radius 2 is 1.78 bits per heavy atom. The van der Waals surface area contributed by atoms with Crippen molar-refractivity contribution >= 4 is 23.3 Å². The van der Waals surface area contributed by atoms with Crippen molar-refractivity contribution in [3.05, 3.63) is 65.5 Å². The number of rotatable bonds is 6. The van der Waals surface area contributed by atoms with Gasteiger partial charge < -0.3 is 9.64 Å². The highest BCUT2D eigenvalue weighted by atomic mass is 19.1. The number of benzene rings is 2. The summed E-state index contributed by atoms with van der Waals surface area (Å²) in [6, 6.07) is 12.7. The molecule has 1 heterocycles. The van der Waals surface area contributed by atoms with Crippen molar-refractivity contribution in [3.63, 3.8) is 0 Å². The molecule has 0 unspecified atom stereocenters. The lowest BCUT2D eigenvalue weighted by Crippen LogP contribution is -2.27. The van der Waals surface area contributed by atoms with Gasteiger partial charge in [-0.25, -0.2) is 4.39 Å². The molecule has 0 radical (unpaired) electrons. The molecule has 1 aliphatic rings. The number of aryl methyl sites for hydroxylation is 1. The highest BCUT2D eigenvalue weighted by Crippen LogP contribution is 2.26. The maximum absolute atomic E-state index is 12.9. The van der Waals surface area contributed by atoms with E-state index < -0.39 is 30.1 Å². The Morgan fingerprint density at radius 1 is 1.11 bits per heavy atom. The van der Waals surface area contributed by atoms with Gasteiger partial charge in [-0.1, -0.05) is 19.1 Å². The van der Waals surface area contributed by atoms with Gasteiger partial charge >= 0.3 is 5.97 Å².